The fourth-order valence-corrected chi connectivity index (χ4v) is 7.19. The van der Waals surface area contributed by atoms with Crippen LogP contribution >= 0.6 is 0 Å². The molecule has 2 unspecified atom stereocenters. The normalized spacial score (nSPS) is 27.1. The topological polar surface area (TPSA) is 96.4 Å². The third-order valence-electron chi connectivity index (χ3n) is 8.85. The number of fused-ring (bicyclic) bond motifs is 2. The molecule has 0 radical (unpaired) electrons. The number of likely N-dealkylation sites (tertiary alicyclic amines) is 1. The number of amides is 2. The van der Waals surface area contributed by atoms with E-state index in [1.807, 2.05) is 72.8 Å². The van der Waals surface area contributed by atoms with Crippen molar-refractivity contribution in [2.24, 2.45) is 11.8 Å². The molecule has 0 saturated carbocycles. The molecule has 3 aromatic carbocycles. The monoisotopic (exact) mass is 554 g/mol. The second-order valence-electron chi connectivity index (χ2n) is 10.9. The number of aliphatic hydroxyl groups is 1. The highest BCUT2D eigenvalue weighted by Gasteiger charge is 2.75. The molecule has 0 aromatic heterocycles. The van der Waals surface area contributed by atoms with Gasteiger partial charge in [0.2, 0.25) is 5.91 Å². The van der Waals surface area contributed by atoms with Gasteiger partial charge in [0, 0.05) is 12.2 Å². The van der Waals surface area contributed by atoms with E-state index in [1.165, 1.54) is 4.90 Å². The minimum absolute atomic E-state index is 0.181. The first-order valence-corrected chi connectivity index (χ1v) is 14.2. The number of aliphatic hydroxyl groups excluding tert-OH is 1. The van der Waals surface area contributed by atoms with E-state index in [-0.39, 0.29) is 25.0 Å². The Bertz CT molecular complexity index is 1490. The number of rotatable bonds is 9. The maximum atomic E-state index is 14.8. The van der Waals surface area contributed by atoms with Gasteiger partial charge in [-0.15, -0.1) is 6.58 Å². The van der Waals surface area contributed by atoms with Gasteiger partial charge in [-0.2, -0.15) is 0 Å². The summed E-state index contributed by atoms with van der Waals surface area (Å²) in [7, 11) is 0. The van der Waals surface area contributed by atoms with Gasteiger partial charge in [-0.3, -0.25) is 14.4 Å². The average Bonchev–Trinajstić information content (AvgIpc) is 3.64. The fourth-order valence-electron chi connectivity index (χ4n) is 7.19. The van der Waals surface area contributed by atoms with Gasteiger partial charge >= 0.3 is 5.97 Å². The van der Waals surface area contributed by atoms with Crippen molar-refractivity contribution in [3.05, 3.63) is 91.0 Å². The van der Waals surface area contributed by atoms with E-state index in [1.54, 1.807) is 17.9 Å². The van der Waals surface area contributed by atoms with Gasteiger partial charge < -0.3 is 24.4 Å². The molecule has 3 aromatic rings. The number of ether oxygens (including phenoxy) is 2. The van der Waals surface area contributed by atoms with Crippen LogP contribution in [0, 0.1) is 11.8 Å². The largest absolute Gasteiger partial charge is 0.466 e. The van der Waals surface area contributed by atoms with Gasteiger partial charge in [-0.1, -0.05) is 66.7 Å². The Balaban J connectivity index is 1.48. The number of esters is 1. The number of anilines is 1. The SMILES string of the molecule is C=CCN(C(=O)C1N([C@H](CO)c2ccccc2)C(=O)[C@@H]2[C@@H](C(=O)OCC)[C@H]3CCC12O3)c1ccc2ccccc2c1. The number of hydrogen-bond acceptors (Lipinski definition) is 6. The first-order chi connectivity index (χ1) is 19.9. The maximum absolute atomic E-state index is 14.8. The highest BCUT2D eigenvalue weighted by Crippen LogP contribution is 2.60. The second kappa shape index (κ2) is 10.8. The van der Waals surface area contributed by atoms with Gasteiger partial charge in [0.25, 0.3) is 5.91 Å². The lowest BCUT2D eigenvalue weighted by atomic mass is 9.70. The third kappa shape index (κ3) is 4.24. The molecule has 3 fully saturated rings. The molecule has 3 heterocycles. The van der Waals surface area contributed by atoms with E-state index >= 15 is 0 Å². The van der Waals surface area contributed by atoms with Crippen molar-refractivity contribution in [1.29, 1.82) is 0 Å². The number of nitrogens with zero attached hydrogens (tertiary/aromatic N) is 2. The van der Waals surface area contributed by atoms with E-state index < -0.39 is 48.2 Å². The molecule has 6 atom stereocenters. The van der Waals surface area contributed by atoms with Crippen molar-refractivity contribution < 1.29 is 29.0 Å². The first-order valence-electron chi connectivity index (χ1n) is 14.2. The molecular weight excluding hydrogens is 520 g/mol. The molecule has 3 aliphatic heterocycles. The van der Waals surface area contributed by atoms with Gasteiger partial charge in [0.05, 0.1) is 37.2 Å². The van der Waals surface area contributed by atoms with Crippen LogP contribution in [-0.4, -0.2) is 65.3 Å². The molecule has 3 aliphatic rings. The molecule has 2 bridgehead atoms. The van der Waals surface area contributed by atoms with Crippen LogP contribution in [0.1, 0.15) is 31.4 Å². The zero-order valence-corrected chi connectivity index (χ0v) is 23.0. The van der Waals surface area contributed by atoms with Gasteiger partial charge in [0.1, 0.15) is 11.6 Å². The molecule has 1 spiro atoms. The van der Waals surface area contributed by atoms with Crippen LogP contribution in [0.25, 0.3) is 10.8 Å². The zero-order chi connectivity index (χ0) is 28.7. The van der Waals surface area contributed by atoms with Crippen molar-refractivity contribution in [3.8, 4) is 0 Å². The lowest BCUT2D eigenvalue weighted by Gasteiger charge is -2.39. The summed E-state index contributed by atoms with van der Waals surface area (Å²) in [5.41, 5.74) is 0.144. The molecule has 0 aliphatic carbocycles. The summed E-state index contributed by atoms with van der Waals surface area (Å²) in [6.45, 7) is 5.61. The van der Waals surface area contributed by atoms with Crippen LogP contribution in [0.5, 0.6) is 0 Å². The van der Waals surface area contributed by atoms with Crippen LogP contribution < -0.4 is 4.90 Å². The summed E-state index contributed by atoms with van der Waals surface area (Å²) >= 11 is 0. The quantitative estimate of drug-likeness (QED) is 0.317. The van der Waals surface area contributed by atoms with Crippen LogP contribution in [0.2, 0.25) is 0 Å². The lowest BCUT2D eigenvalue weighted by molar-refractivity contribution is -0.155. The number of carbonyl (C=O) groups is 3. The number of carbonyl (C=O) groups excluding carboxylic acids is 3. The Labute approximate surface area is 239 Å². The van der Waals surface area contributed by atoms with Crippen molar-refractivity contribution in [2.75, 3.05) is 24.7 Å². The average molecular weight is 555 g/mol. The standard InChI is InChI=1S/C33H34N2O6/c1-3-18-34(24-15-14-21-10-8-9-13-23(21)19-24)31(38)29-33-17-16-26(41-33)27(32(39)40-4-2)28(33)30(37)35(29)25(20-36)22-11-6-5-7-12-22/h3,5-15,19,25-29,36H,1,4,16-18,20H2,2H3/t25-,26-,27+,28+,29?,33?/m1/s1. The predicted octanol–water partition coefficient (Wildman–Crippen LogP) is 4.03. The minimum atomic E-state index is -1.21. The number of hydrogen-bond donors (Lipinski definition) is 1. The molecule has 6 rings (SSSR count). The van der Waals surface area contributed by atoms with Crippen LogP contribution in [0.15, 0.2) is 85.5 Å². The van der Waals surface area contributed by atoms with Crippen LogP contribution in [0.4, 0.5) is 5.69 Å². The molecule has 212 valence electrons. The molecule has 3 saturated heterocycles. The molecule has 1 N–H and O–H groups in total. The van der Waals surface area contributed by atoms with E-state index in [0.717, 1.165) is 10.8 Å². The summed E-state index contributed by atoms with van der Waals surface area (Å²) in [5.74, 6) is -2.88. The van der Waals surface area contributed by atoms with Gasteiger partial charge in [0.15, 0.2) is 0 Å². The second-order valence-corrected chi connectivity index (χ2v) is 10.9. The highest BCUT2D eigenvalue weighted by molar-refractivity contribution is 6.05. The maximum Gasteiger partial charge on any atom is 0.312 e. The molecule has 41 heavy (non-hydrogen) atoms. The van der Waals surface area contributed by atoms with Crippen molar-refractivity contribution in [1.82, 2.24) is 4.90 Å². The van der Waals surface area contributed by atoms with Crippen LogP contribution in [-0.2, 0) is 23.9 Å². The molecule has 8 heteroatoms. The van der Waals surface area contributed by atoms with Crippen molar-refractivity contribution in [3.63, 3.8) is 0 Å². The predicted molar refractivity (Wildman–Crippen MR) is 154 cm³/mol. The zero-order valence-electron chi connectivity index (χ0n) is 23.0. The molecule has 2 amide bonds. The van der Waals surface area contributed by atoms with Crippen molar-refractivity contribution >= 4 is 34.2 Å². The van der Waals surface area contributed by atoms with E-state index in [0.29, 0.717) is 24.1 Å². The van der Waals surface area contributed by atoms with E-state index in [4.69, 9.17) is 9.47 Å². The summed E-state index contributed by atoms with van der Waals surface area (Å²) in [5, 5.41) is 12.7. The fraction of sp³-hybridized carbons (Fsp3) is 0.364. The summed E-state index contributed by atoms with van der Waals surface area (Å²) in [6.07, 6.45) is 2.14. The third-order valence-corrected chi connectivity index (χ3v) is 8.85. The van der Waals surface area contributed by atoms with Crippen LogP contribution in [0.3, 0.4) is 0 Å². The Morgan fingerprint density at radius 3 is 2.59 bits per heavy atom. The Morgan fingerprint density at radius 1 is 1.15 bits per heavy atom. The summed E-state index contributed by atoms with van der Waals surface area (Å²) < 4.78 is 11.9. The Hall–Kier alpha value is -4.01. The molecular formula is C33H34N2O6. The first kappa shape index (κ1) is 27.2. The lowest BCUT2D eigenvalue weighted by Crippen LogP contribution is -2.57. The Kier molecular flexibility index (Phi) is 7.13. The summed E-state index contributed by atoms with van der Waals surface area (Å²) in [4.78, 5) is 45.5. The van der Waals surface area contributed by atoms with Crippen molar-refractivity contribution in [2.45, 2.75) is 43.6 Å². The Morgan fingerprint density at radius 2 is 1.88 bits per heavy atom. The van der Waals surface area contributed by atoms with Gasteiger partial charge in [-0.05, 0) is 48.2 Å². The van der Waals surface area contributed by atoms with E-state index in [9.17, 15) is 19.5 Å². The smallest absolute Gasteiger partial charge is 0.312 e. The number of benzene rings is 3. The molecule has 8 nitrogen and oxygen atoms in total. The highest BCUT2D eigenvalue weighted by atomic mass is 16.6. The van der Waals surface area contributed by atoms with E-state index in [2.05, 4.69) is 6.58 Å². The van der Waals surface area contributed by atoms with Gasteiger partial charge in [-0.25, -0.2) is 0 Å². The minimum Gasteiger partial charge on any atom is -0.466 e. The summed E-state index contributed by atoms with van der Waals surface area (Å²) in [6, 6.07) is 21.0.